The molecule has 1 aromatic heterocycles. The highest BCUT2D eigenvalue weighted by Gasteiger charge is 2.29. The van der Waals surface area contributed by atoms with Gasteiger partial charge in [0.2, 0.25) is 0 Å². The maximum atomic E-state index is 6.37. The number of hydrogen-bond acceptors (Lipinski definition) is 3. The van der Waals surface area contributed by atoms with Gasteiger partial charge in [0.1, 0.15) is 16.1 Å². The first kappa shape index (κ1) is 19.2. The molecule has 134 valence electrons. The number of ether oxygens (including phenoxy) is 1. The zero-order valence-corrected chi connectivity index (χ0v) is 17.8. The van der Waals surface area contributed by atoms with Crippen molar-refractivity contribution in [3.8, 4) is 5.75 Å². The van der Waals surface area contributed by atoms with Crippen molar-refractivity contribution in [2.24, 2.45) is 5.92 Å². The number of benzene rings is 1. The lowest BCUT2D eigenvalue weighted by Crippen LogP contribution is -2.39. The molecule has 3 nitrogen and oxygen atoms in total. The highest BCUT2D eigenvalue weighted by molar-refractivity contribution is 14.1. The Balaban J connectivity index is 1.75. The van der Waals surface area contributed by atoms with Gasteiger partial charge < -0.3 is 4.74 Å². The average molecular weight is 491 g/mol. The predicted octanol–water partition coefficient (Wildman–Crippen LogP) is 5.44. The van der Waals surface area contributed by atoms with Crippen LogP contribution < -0.4 is 4.74 Å². The summed E-state index contributed by atoms with van der Waals surface area (Å²) in [6.45, 7) is 3.04. The van der Waals surface area contributed by atoms with Gasteiger partial charge in [-0.1, -0.05) is 64.0 Å². The molecule has 0 radical (unpaired) electrons. The molecule has 1 fully saturated rings. The van der Waals surface area contributed by atoms with Crippen LogP contribution in [0.2, 0.25) is 10.3 Å². The van der Waals surface area contributed by atoms with Crippen LogP contribution in [-0.4, -0.2) is 34.5 Å². The van der Waals surface area contributed by atoms with E-state index in [2.05, 4.69) is 44.6 Å². The quantitative estimate of drug-likeness (QED) is 0.317. The number of hydrogen-bond donors (Lipinski definition) is 0. The van der Waals surface area contributed by atoms with Gasteiger partial charge >= 0.3 is 0 Å². The summed E-state index contributed by atoms with van der Waals surface area (Å²) >= 11 is 14.8. The van der Waals surface area contributed by atoms with E-state index in [1.165, 1.54) is 5.56 Å². The van der Waals surface area contributed by atoms with Gasteiger partial charge in [0.25, 0.3) is 0 Å². The second-order valence-corrected chi connectivity index (χ2v) is 8.14. The van der Waals surface area contributed by atoms with Crippen molar-refractivity contribution in [3.63, 3.8) is 0 Å². The van der Waals surface area contributed by atoms with Crippen LogP contribution in [0.4, 0.5) is 0 Å². The minimum absolute atomic E-state index is 0.393. The summed E-state index contributed by atoms with van der Waals surface area (Å²) in [6.07, 6.45) is 1.14. The molecule has 1 aromatic carbocycles. The van der Waals surface area contributed by atoms with Crippen LogP contribution in [-0.2, 0) is 6.54 Å². The minimum Gasteiger partial charge on any atom is -0.497 e. The van der Waals surface area contributed by atoms with Gasteiger partial charge in [-0.3, -0.25) is 4.90 Å². The molecule has 0 saturated carbocycles. The van der Waals surface area contributed by atoms with Crippen molar-refractivity contribution in [2.75, 3.05) is 24.6 Å². The zero-order chi connectivity index (χ0) is 17.8. The molecule has 0 N–H and O–H groups in total. The summed E-state index contributed by atoms with van der Waals surface area (Å²) in [5, 5.41) is 0.987. The Morgan fingerprint density at radius 1 is 1.16 bits per heavy atom. The highest BCUT2D eigenvalue weighted by atomic mass is 127. The normalized spacial score (nSPS) is 21.3. The Kier molecular flexibility index (Phi) is 6.83. The molecule has 1 aliphatic heterocycles. The summed E-state index contributed by atoms with van der Waals surface area (Å²) in [6, 6.07) is 12.2. The number of alkyl halides is 1. The minimum atomic E-state index is 0.393. The Morgan fingerprint density at radius 3 is 2.56 bits per heavy atom. The molecule has 3 rings (SSSR count). The van der Waals surface area contributed by atoms with E-state index in [0.717, 1.165) is 41.8 Å². The lowest BCUT2D eigenvalue weighted by molar-refractivity contribution is 0.160. The molecule has 1 saturated heterocycles. The lowest BCUT2D eigenvalue weighted by Gasteiger charge is -2.37. The van der Waals surface area contributed by atoms with Crippen LogP contribution in [0.5, 0.6) is 5.75 Å². The Morgan fingerprint density at radius 2 is 1.92 bits per heavy atom. The number of piperidine rings is 1. The fraction of sp³-hybridized carbons (Fsp3) is 0.421. The maximum absolute atomic E-state index is 6.37. The summed E-state index contributed by atoms with van der Waals surface area (Å²) in [7, 11) is 1.69. The van der Waals surface area contributed by atoms with Gasteiger partial charge in [0.05, 0.1) is 7.11 Å². The Bertz CT molecular complexity index is 711. The zero-order valence-electron chi connectivity index (χ0n) is 14.1. The van der Waals surface area contributed by atoms with E-state index in [9.17, 15) is 0 Å². The van der Waals surface area contributed by atoms with E-state index in [1.54, 1.807) is 7.11 Å². The third kappa shape index (κ3) is 5.00. The average Bonchev–Trinajstić information content (AvgIpc) is 2.62. The third-order valence-corrected chi connectivity index (χ3v) is 6.44. The molecule has 2 heterocycles. The number of aromatic nitrogens is 1. The molecule has 0 amide bonds. The SMILES string of the molecule is COc1ccc(CN2C[C@@H](CI)C[C@@H](c3ccc(Cl)nc3Cl)C2)cc1. The Labute approximate surface area is 172 Å². The fourth-order valence-corrected chi connectivity index (χ4v) is 4.62. The summed E-state index contributed by atoms with van der Waals surface area (Å²) < 4.78 is 6.39. The van der Waals surface area contributed by atoms with Gasteiger partial charge in [-0.15, -0.1) is 0 Å². The van der Waals surface area contributed by atoms with E-state index >= 15 is 0 Å². The van der Waals surface area contributed by atoms with E-state index in [0.29, 0.717) is 22.1 Å². The number of methoxy groups -OCH3 is 1. The van der Waals surface area contributed by atoms with Gasteiger partial charge in [-0.2, -0.15) is 0 Å². The molecule has 2 aromatic rings. The van der Waals surface area contributed by atoms with Crippen molar-refractivity contribution in [2.45, 2.75) is 18.9 Å². The molecule has 0 unspecified atom stereocenters. The number of halogens is 3. The second-order valence-electron chi connectivity index (χ2n) is 6.51. The van der Waals surface area contributed by atoms with Crippen molar-refractivity contribution in [3.05, 3.63) is 57.8 Å². The molecular weight excluding hydrogens is 470 g/mol. The summed E-state index contributed by atoms with van der Waals surface area (Å²) in [5.74, 6) is 1.94. The van der Waals surface area contributed by atoms with Crippen LogP contribution in [0, 0.1) is 5.92 Å². The topological polar surface area (TPSA) is 25.4 Å². The molecule has 25 heavy (non-hydrogen) atoms. The van der Waals surface area contributed by atoms with Crippen LogP contribution in [0.25, 0.3) is 0 Å². The van der Waals surface area contributed by atoms with Crippen molar-refractivity contribution >= 4 is 45.8 Å². The van der Waals surface area contributed by atoms with Crippen LogP contribution in [0.3, 0.4) is 0 Å². The second kappa shape index (κ2) is 8.89. The molecule has 6 heteroatoms. The Hall–Kier alpha value is -0.560. The number of nitrogens with zero attached hydrogens (tertiary/aromatic N) is 2. The first-order valence-corrected chi connectivity index (χ1v) is 10.6. The number of rotatable bonds is 5. The van der Waals surface area contributed by atoms with Gasteiger partial charge in [-0.25, -0.2) is 4.98 Å². The van der Waals surface area contributed by atoms with Crippen molar-refractivity contribution in [1.29, 1.82) is 0 Å². The van der Waals surface area contributed by atoms with E-state index in [1.807, 2.05) is 24.3 Å². The van der Waals surface area contributed by atoms with Crippen molar-refractivity contribution < 1.29 is 4.74 Å². The molecule has 1 aliphatic rings. The molecule has 2 atom stereocenters. The monoisotopic (exact) mass is 490 g/mol. The van der Waals surface area contributed by atoms with E-state index in [-0.39, 0.29) is 0 Å². The van der Waals surface area contributed by atoms with Crippen LogP contribution in [0.15, 0.2) is 36.4 Å². The number of pyridine rings is 1. The molecular formula is C19H21Cl2IN2O. The standard InChI is InChI=1S/C19H21Cl2IN2O/c1-25-16-4-2-13(3-5-16)10-24-11-14(9-22)8-15(12-24)17-6-7-18(20)23-19(17)21/h2-7,14-15H,8-12H2,1H3/t14-,15-/m1/s1. The molecule has 0 aliphatic carbocycles. The largest absolute Gasteiger partial charge is 0.497 e. The van der Waals surface area contributed by atoms with Gasteiger partial charge in [-0.05, 0) is 47.6 Å². The van der Waals surface area contributed by atoms with E-state index < -0.39 is 0 Å². The molecule has 0 spiro atoms. The van der Waals surface area contributed by atoms with Crippen LogP contribution >= 0.6 is 45.8 Å². The predicted molar refractivity (Wildman–Crippen MR) is 112 cm³/mol. The first-order chi connectivity index (χ1) is 12.1. The molecule has 0 bridgehead atoms. The third-order valence-electron chi connectivity index (χ3n) is 4.68. The smallest absolute Gasteiger partial charge is 0.134 e. The van der Waals surface area contributed by atoms with Gasteiger partial charge in [0.15, 0.2) is 0 Å². The van der Waals surface area contributed by atoms with Gasteiger partial charge in [0, 0.05) is 24.1 Å². The first-order valence-electron chi connectivity index (χ1n) is 8.32. The maximum Gasteiger partial charge on any atom is 0.134 e. The summed E-state index contributed by atoms with van der Waals surface area (Å²) in [4.78, 5) is 6.74. The summed E-state index contributed by atoms with van der Waals surface area (Å²) in [5.41, 5.74) is 2.41. The lowest BCUT2D eigenvalue weighted by atomic mass is 9.86. The highest BCUT2D eigenvalue weighted by Crippen LogP contribution is 2.35. The van der Waals surface area contributed by atoms with Crippen LogP contribution in [0.1, 0.15) is 23.5 Å². The van der Waals surface area contributed by atoms with Crippen molar-refractivity contribution in [1.82, 2.24) is 9.88 Å². The fourth-order valence-electron chi connectivity index (χ4n) is 3.49. The van der Waals surface area contributed by atoms with E-state index in [4.69, 9.17) is 27.9 Å². The number of likely N-dealkylation sites (tertiary alicyclic amines) is 1.